The summed E-state index contributed by atoms with van der Waals surface area (Å²) in [5, 5.41) is 12.1. The van der Waals surface area contributed by atoms with E-state index < -0.39 is 4.92 Å². The van der Waals surface area contributed by atoms with E-state index in [0.717, 1.165) is 0 Å². The van der Waals surface area contributed by atoms with Crippen molar-refractivity contribution in [3.8, 4) is 0 Å². The summed E-state index contributed by atoms with van der Waals surface area (Å²) in [6, 6.07) is 4.31. The van der Waals surface area contributed by atoms with Crippen molar-refractivity contribution in [2.24, 2.45) is 0 Å². The number of hydrogen-bond donors (Lipinski definition) is 2. The van der Waals surface area contributed by atoms with Crippen LogP contribution in [0.3, 0.4) is 0 Å². The van der Waals surface area contributed by atoms with Crippen LogP contribution in [0.1, 0.15) is 0 Å². The molecule has 0 bridgehead atoms. The minimum atomic E-state index is -0.476. The summed E-state index contributed by atoms with van der Waals surface area (Å²) in [5.74, 6) is 0. The van der Waals surface area contributed by atoms with Crippen LogP contribution in [0, 0.1) is 10.1 Å². The average molecular weight is 196 g/mol. The quantitative estimate of drug-likeness (QED) is 0.429. The van der Waals surface area contributed by atoms with Gasteiger partial charge in [-0.3, -0.25) is 10.1 Å². The first-order chi connectivity index (χ1) is 6.50. The van der Waals surface area contributed by atoms with Crippen LogP contribution in [0.15, 0.2) is 18.2 Å². The first-order valence-electron chi connectivity index (χ1n) is 3.98. The highest BCUT2D eigenvalue weighted by atomic mass is 16.6. The summed E-state index contributed by atoms with van der Waals surface area (Å²) in [4.78, 5) is 9.93. The van der Waals surface area contributed by atoms with Crippen molar-refractivity contribution in [2.45, 2.75) is 0 Å². The molecule has 1 aromatic carbocycles. The molecular weight excluding hydrogens is 184 g/mol. The van der Waals surface area contributed by atoms with Gasteiger partial charge in [0, 0.05) is 26.2 Å². The highest BCUT2D eigenvalue weighted by molar-refractivity contribution is 5.68. The molecule has 0 saturated heterocycles. The lowest BCUT2D eigenvalue weighted by Crippen LogP contribution is -2.20. The third-order valence-electron chi connectivity index (χ3n) is 1.59. The molecule has 76 valence electrons. The third-order valence-corrected chi connectivity index (χ3v) is 1.59. The molecule has 0 aliphatic rings. The van der Waals surface area contributed by atoms with E-state index in [9.17, 15) is 10.1 Å². The summed E-state index contributed by atoms with van der Waals surface area (Å²) in [7, 11) is 3.61. The number of hydrogen-bond acceptors (Lipinski definition) is 5. The van der Waals surface area contributed by atoms with Crippen molar-refractivity contribution < 1.29 is 4.92 Å². The summed E-state index contributed by atoms with van der Waals surface area (Å²) < 4.78 is 0. The van der Waals surface area contributed by atoms with Gasteiger partial charge in [-0.05, 0) is 6.07 Å². The summed E-state index contributed by atoms with van der Waals surface area (Å²) in [6.45, 7) is 0. The van der Waals surface area contributed by atoms with E-state index >= 15 is 0 Å². The van der Waals surface area contributed by atoms with Gasteiger partial charge in [-0.2, -0.15) is 0 Å². The highest BCUT2D eigenvalue weighted by Crippen LogP contribution is 2.23. The SMILES string of the molecule is CN(C)Nc1ccc([N+](=O)[O-])cc1N. The zero-order valence-corrected chi connectivity index (χ0v) is 8.02. The number of nitro benzene ring substituents is 1. The van der Waals surface area contributed by atoms with E-state index in [-0.39, 0.29) is 5.69 Å². The van der Waals surface area contributed by atoms with Crippen molar-refractivity contribution in [1.82, 2.24) is 5.01 Å². The predicted molar refractivity (Wildman–Crippen MR) is 54.8 cm³/mol. The fourth-order valence-corrected chi connectivity index (χ4v) is 1.01. The Morgan fingerprint density at radius 3 is 2.57 bits per heavy atom. The molecular formula is C8H12N4O2. The molecule has 0 heterocycles. The van der Waals surface area contributed by atoms with E-state index in [2.05, 4.69) is 5.43 Å². The molecule has 0 saturated carbocycles. The molecule has 0 aromatic heterocycles. The molecule has 0 fully saturated rings. The minimum Gasteiger partial charge on any atom is -0.397 e. The van der Waals surface area contributed by atoms with Crippen molar-refractivity contribution in [2.75, 3.05) is 25.3 Å². The second kappa shape index (κ2) is 3.93. The summed E-state index contributed by atoms with van der Waals surface area (Å²) in [5.41, 5.74) is 9.54. The average Bonchev–Trinajstić information content (AvgIpc) is 2.07. The van der Waals surface area contributed by atoms with Crippen LogP contribution in [0.2, 0.25) is 0 Å². The molecule has 0 spiro atoms. The number of nitro groups is 1. The molecule has 0 unspecified atom stereocenters. The molecule has 1 rings (SSSR count). The van der Waals surface area contributed by atoms with Crippen LogP contribution in [-0.4, -0.2) is 24.0 Å². The zero-order valence-electron chi connectivity index (χ0n) is 8.02. The van der Waals surface area contributed by atoms with E-state index in [1.165, 1.54) is 12.1 Å². The van der Waals surface area contributed by atoms with E-state index in [1.807, 2.05) is 0 Å². The Labute approximate surface area is 81.4 Å². The van der Waals surface area contributed by atoms with Gasteiger partial charge in [0.2, 0.25) is 0 Å². The lowest BCUT2D eigenvalue weighted by molar-refractivity contribution is -0.384. The number of anilines is 2. The van der Waals surface area contributed by atoms with Crippen LogP contribution in [-0.2, 0) is 0 Å². The lowest BCUT2D eigenvalue weighted by Gasteiger charge is -2.14. The Bertz CT molecular complexity index is 351. The number of nitrogens with zero attached hydrogens (tertiary/aromatic N) is 2. The number of hydrazine groups is 1. The smallest absolute Gasteiger partial charge is 0.271 e. The van der Waals surface area contributed by atoms with E-state index in [0.29, 0.717) is 11.4 Å². The van der Waals surface area contributed by atoms with Gasteiger partial charge in [-0.15, -0.1) is 0 Å². The van der Waals surface area contributed by atoms with Gasteiger partial charge in [0.05, 0.1) is 16.3 Å². The first-order valence-corrected chi connectivity index (χ1v) is 3.98. The Morgan fingerprint density at radius 2 is 2.14 bits per heavy atom. The Morgan fingerprint density at radius 1 is 1.50 bits per heavy atom. The Hall–Kier alpha value is -1.82. The van der Waals surface area contributed by atoms with Gasteiger partial charge < -0.3 is 11.2 Å². The number of nitrogens with two attached hydrogens (primary N) is 1. The maximum Gasteiger partial charge on any atom is 0.271 e. The summed E-state index contributed by atoms with van der Waals surface area (Å²) >= 11 is 0. The van der Waals surface area contributed by atoms with Gasteiger partial charge >= 0.3 is 0 Å². The van der Waals surface area contributed by atoms with Gasteiger partial charge in [0.1, 0.15) is 0 Å². The van der Waals surface area contributed by atoms with Crippen molar-refractivity contribution in [1.29, 1.82) is 0 Å². The molecule has 14 heavy (non-hydrogen) atoms. The maximum atomic E-state index is 10.4. The lowest BCUT2D eigenvalue weighted by atomic mass is 10.2. The van der Waals surface area contributed by atoms with Gasteiger partial charge in [-0.1, -0.05) is 0 Å². The highest BCUT2D eigenvalue weighted by Gasteiger charge is 2.08. The number of rotatable bonds is 3. The van der Waals surface area contributed by atoms with Crippen molar-refractivity contribution >= 4 is 17.1 Å². The number of nitrogens with one attached hydrogen (secondary N) is 1. The number of benzene rings is 1. The van der Waals surface area contributed by atoms with Crippen LogP contribution in [0.5, 0.6) is 0 Å². The van der Waals surface area contributed by atoms with Crippen LogP contribution < -0.4 is 11.2 Å². The zero-order chi connectivity index (χ0) is 10.7. The van der Waals surface area contributed by atoms with E-state index in [4.69, 9.17) is 5.73 Å². The fraction of sp³-hybridized carbons (Fsp3) is 0.250. The van der Waals surface area contributed by atoms with E-state index in [1.54, 1.807) is 25.2 Å². The first kappa shape index (κ1) is 10.3. The fourth-order valence-electron chi connectivity index (χ4n) is 1.01. The molecule has 3 N–H and O–H groups in total. The largest absolute Gasteiger partial charge is 0.397 e. The Balaban J connectivity index is 2.95. The van der Waals surface area contributed by atoms with Crippen molar-refractivity contribution in [3.63, 3.8) is 0 Å². The molecule has 0 atom stereocenters. The molecule has 6 heteroatoms. The van der Waals surface area contributed by atoms with Crippen LogP contribution >= 0.6 is 0 Å². The van der Waals surface area contributed by atoms with Gasteiger partial charge in [0.25, 0.3) is 5.69 Å². The van der Waals surface area contributed by atoms with Crippen LogP contribution in [0.4, 0.5) is 17.1 Å². The topological polar surface area (TPSA) is 84.4 Å². The van der Waals surface area contributed by atoms with Crippen molar-refractivity contribution in [3.05, 3.63) is 28.3 Å². The molecule has 0 radical (unpaired) electrons. The monoisotopic (exact) mass is 196 g/mol. The normalized spacial score (nSPS) is 10.2. The standard InChI is InChI=1S/C8H12N4O2/c1-11(2)10-8-4-3-6(12(13)14)5-7(8)9/h3-5,10H,9H2,1-2H3. The predicted octanol–water partition coefficient (Wildman–Crippen LogP) is 1.07. The molecule has 0 aliphatic heterocycles. The maximum absolute atomic E-state index is 10.4. The molecule has 0 aliphatic carbocycles. The van der Waals surface area contributed by atoms with Gasteiger partial charge in [0.15, 0.2) is 0 Å². The minimum absolute atomic E-state index is 0.00759. The summed E-state index contributed by atoms with van der Waals surface area (Å²) in [6.07, 6.45) is 0. The van der Waals surface area contributed by atoms with Crippen LogP contribution in [0.25, 0.3) is 0 Å². The number of nitrogen functional groups attached to an aromatic ring is 1. The van der Waals surface area contributed by atoms with Gasteiger partial charge in [-0.25, -0.2) is 5.01 Å². The second-order valence-electron chi connectivity index (χ2n) is 3.03. The third kappa shape index (κ3) is 2.33. The number of non-ortho nitro benzene ring substituents is 1. The molecule has 6 nitrogen and oxygen atoms in total. The Kier molecular flexibility index (Phi) is 2.88. The molecule has 1 aromatic rings. The second-order valence-corrected chi connectivity index (χ2v) is 3.03. The molecule has 0 amide bonds.